The van der Waals surface area contributed by atoms with Crippen molar-refractivity contribution in [1.82, 2.24) is 0 Å². The number of Topliss-reactive ketones (excluding diaryl/α,β-unsaturated/α-hetero) is 2. The van der Waals surface area contributed by atoms with Crippen LogP contribution in [0.4, 0.5) is 0 Å². The van der Waals surface area contributed by atoms with Crippen molar-refractivity contribution < 1.29 is 9.59 Å². The fourth-order valence-corrected chi connectivity index (χ4v) is 4.38. The molecule has 2 heteroatoms. The van der Waals surface area contributed by atoms with E-state index in [1.54, 1.807) is 13.8 Å². The number of carbonyl (C=O) groups is 2. The number of terminal acetylenes is 2. The van der Waals surface area contributed by atoms with Gasteiger partial charge in [-0.15, -0.1) is 24.7 Å². The molecule has 0 aromatic rings. The highest BCUT2D eigenvalue weighted by Crippen LogP contribution is 2.13. The molecule has 2 nitrogen and oxygen atoms in total. The van der Waals surface area contributed by atoms with Gasteiger partial charge in [0, 0.05) is 25.7 Å². The zero-order valence-corrected chi connectivity index (χ0v) is 24.4. The lowest BCUT2D eigenvalue weighted by Crippen LogP contribution is -1.89. The molecular formula is C34H60O2. The van der Waals surface area contributed by atoms with Gasteiger partial charge in [-0.2, -0.15) is 0 Å². The molecule has 0 saturated heterocycles. The third-order valence-electron chi connectivity index (χ3n) is 6.70. The van der Waals surface area contributed by atoms with Crippen molar-refractivity contribution >= 4 is 11.6 Å². The Morgan fingerprint density at radius 3 is 0.778 bits per heavy atom. The molecule has 0 saturated carbocycles. The van der Waals surface area contributed by atoms with Crippen molar-refractivity contribution in [3.05, 3.63) is 0 Å². The first kappa shape index (κ1) is 36.6. The summed E-state index contributed by atoms with van der Waals surface area (Å²) in [5.74, 6) is 6.04. The average molecular weight is 501 g/mol. The van der Waals surface area contributed by atoms with Crippen LogP contribution in [0.15, 0.2) is 0 Å². The molecule has 0 fully saturated rings. The number of hydrogen-bond donors (Lipinski definition) is 0. The summed E-state index contributed by atoms with van der Waals surface area (Å²) >= 11 is 0. The summed E-state index contributed by atoms with van der Waals surface area (Å²) in [6, 6.07) is 0. The van der Waals surface area contributed by atoms with Gasteiger partial charge < -0.3 is 9.59 Å². The Morgan fingerprint density at radius 2 is 0.583 bits per heavy atom. The lowest BCUT2D eigenvalue weighted by atomic mass is 10.0. The number of ketones is 2. The zero-order valence-electron chi connectivity index (χ0n) is 24.4. The van der Waals surface area contributed by atoms with Crippen LogP contribution in [0.25, 0.3) is 0 Å². The Balaban J connectivity index is 0. The first-order valence-electron chi connectivity index (χ1n) is 15.4. The van der Waals surface area contributed by atoms with Crippen molar-refractivity contribution in [3.63, 3.8) is 0 Å². The van der Waals surface area contributed by atoms with Crippen molar-refractivity contribution in [2.24, 2.45) is 0 Å². The smallest absolute Gasteiger partial charge is 0.129 e. The molecule has 0 unspecified atom stereocenters. The fraction of sp³-hybridized carbons (Fsp3) is 0.824. The van der Waals surface area contributed by atoms with E-state index in [4.69, 9.17) is 12.8 Å². The normalized spacial score (nSPS) is 10.2. The van der Waals surface area contributed by atoms with Gasteiger partial charge in [0.1, 0.15) is 11.6 Å². The number of hydrogen-bond acceptors (Lipinski definition) is 2. The maximum Gasteiger partial charge on any atom is 0.129 e. The number of rotatable bonds is 26. The second-order valence-corrected chi connectivity index (χ2v) is 10.6. The van der Waals surface area contributed by atoms with Gasteiger partial charge in [-0.1, -0.05) is 116 Å². The predicted molar refractivity (Wildman–Crippen MR) is 159 cm³/mol. The Labute approximate surface area is 226 Å². The molecule has 0 aromatic heterocycles. The molecule has 0 spiro atoms. The van der Waals surface area contributed by atoms with Crippen LogP contribution in [-0.2, 0) is 9.59 Å². The van der Waals surface area contributed by atoms with Gasteiger partial charge in [0.05, 0.1) is 0 Å². The molecule has 0 rings (SSSR count). The summed E-state index contributed by atoms with van der Waals surface area (Å²) in [4.78, 5) is 21.5. The van der Waals surface area contributed by atoms with Crippen LogP contribution in [0.2, 0.25) is 0 Å². The van der Waals surface area contributed by atoms with E-state index >= 15 is 0 Å². The first-order valence-corrected chi connectivity index (χ1v) is 15.4. The molecule has 0 atom stereocenters. The fourth-order valence-electron chi connectivity index (χ4n) is 4.38. The minimum atomic E-state index is 0.327. The lowest BCUT2D eigenvalue weighted by molar-refractivity contribution is -0.117. The molecule has 0 bridgehead atoms. The third kappa shape index (κ3) is 39.7. The van der Waals surface area contributed by atoms with E-state index in [0.717, 1.165) is 38.5 Å². The first-order chi connectivity index (χ1) is 17.5. The molecule has 0 amide bonds. The molecule has 0 aromatic carbocycles. The van der Waals surface area contributed by atoms with Crippen LogP contribution in [0, 0.1) is 24.7 Å². The minimum absolute atomic E-state index is 0.327. The van der Waals surface area contributed by atoms with Gasteiger partial charge in [0.15, 0.2) is 0 Å². The molecule has 0 radical (unpaired) electrons. The second-order valence-electron chi connectivity index (χ2n) is 10.6. The average Bonchev–Trinajstić information content (AvgIpc) is 2.85. The van der Waals surface area contributed by atoms with Crippen molar-refractivity contribution in [1.29, 1.82) is 0 Å². The highest BCUT2D eigenvalue weighted by Gasteiger charge is 1.96. The maximum absolute atomic E-state index is 10.8. The van der Waals surface area contributed by atoms with Crippen LogP contribution < -0.4 is 0 Å². The molecule has 0 N–H and O–H groups in total. The van der Waals surface area contributed by atoms with Gasteiger partial charge in [-0.05, 0) is 39.5 Å². The van der Waals surface area contributed by atoms with Gasteiger partial charge in [-0.25, -0.2) is 0 Å². The maximum atomic E-state index is 10.8. The van der Waals surface area contributed by atoms with E-state index in [1.165, 1.54) is 128 Å². The van der Waals surface area contributed by atoms with Gasteiger partial charge in [-0.3, -0.25) is 0 Å². The van der Waals surface area contributed by atoms with Crippen LogP contribution in [0.3, 0.4) is 0 Å². The largest absolute Gasteiger partial charge is 0.300 e. The summed E-state index contributed by atoms with van der Waals surface area (Å²) in [5, 5.41) is 0. The van der Waals surface area contributed by atoms with Crippen molar-refractivity contribution in [3.8, 4) is 24.7 Å². The summed E-state index contributed by atoms with van der Waals surface area (Å²) in [6.45, 7) is 3.37. The van der Waals surface area contributed by atoms with Crippen LogP contribution in [0.5, 0.6) is 0 Å². The van der Waals surface area contributed by atoms with Gasteiger partial charge in [0.2, 0.25) is 0 Å². The number of carbonyl (C=O) groups excluding carboxylic acids is 2. The summed E-state index contributed by atoms with van der Waals surface area (Å²) in [5.41, 5.74) is 0. The molecule has 0 aliphatic heterocycles. The second kappa shape index (κ2) is 33.5. The molecular weight excluding hydrogens is 440 g/mol. The van der Waals surface area contributed by atoms with E-state index in [2.05, 4.69) is 11.8 Å². The Hall–Kier alpha value is -1.54. The quantitative estimate of drug-likeness (QED) is 0.0874. The highest BCUT2D eigenvalue weighted by molar-refractivity contribution is 5.75. The van der Waals surface area contributed by atoms with Gasteiger partial charge >= 0.3 is 0 Å². The van der Waals surface area contributed by atoms with Crippen molar-refractivity contribution in [2.45, 2.75) is 181 Å². The minimum Gasteiger partial charge on any atom is -0.300 e. The zero-order chi connectivity index (χ0) is 27.0. The highest BCUT2D eigenvalue weighted by atomic mass is 16.1. The monoisotopic (exact) mass is 500 g/mol. The molecule has 36 heavy (non-hydrogen) atoms. The molecule has 0 aliphatic rings. The lowest BCUT2D eigenvalue weighted by Gasteiger charge is -2.02. The van der Waals surface area contributed by atoms with E-state index < -0.39 is 0 Å². The molecule has 208 valence electrons. The topological polar surface area (TPSA) is 34.1 Å². The van der Waals surface area contributed by atoms with Gasteiger partial charge in [0.25, 0.3) is 0 Å². The van der Waals surface area contributed by atoms with Crippen LogP contribution in [-0.4, -0.2) is 11.6 Å². The van der Waals surface area contributed by atoms with E-state index in [1.807, 2.05) is 0 Å². The third-order valence-corrected chi connectivity index (χ3v) is 6.70. The van der Waals surface area contributed by atoms with Crippen LogP contribution in [0.1, 0.15) is 181 Å². The predicted octanol–water partition coefficient (Wildman–Crippen LogP) is 10.6. The summed E-state index contributed by atoms with van der Waals surface area (Å²) < 4.78 is 0. The van der Waals surface area contributed by atoms with Crippen molar-refractivity contribution in [2.75, 3.05) is 0 Å². The number of unbranched alkanes of at least 4 members (excludes halogenated alkanes) is 22. The Bertz CT molecular complexity index is 549. The van der Waals surface area contributed by atoms with E-state index in [0.29, 0.717) is 11.6 Å². The molecule has 0 heterocycles. The SMILES string of the molecule is C#CCCCCCCCCCCCC(C)=O.C#CCCCCCCCCCCCCCCCC(C)=O. The Morgan fingerprint density at radius 1 is 0.389 bits per heavy atom. The Kier molecular flexibility index (Phi) is 34.0. The van der Waals surface area contributed by atoms with E-state index in [9.17, 15) is 9.59 Å². The summed E-state index contributed by atoms with van der Waals surface area (Å²) in [6.07, 6.45) is 42.5. The van der Waals surface area contributed by atoms with Crippen LogP contribution >= 0.6 is 0 Å². The molecule has 0 aliphatic carbocycles. The standard InChI is InChI=1S/C19H34O.C15H26O/c1-3-4-5-6-7-8-9-10-11-12-13-14-15-16-17-18-19(2)20;1-3-4-5-6-7-8-9-10-11-12-13-14-15(2)16/h1H,4-18H2,2H3;1H,4-14H2,2H3. The van der Waals surface area contributed by atoms with E-state index in [-0.39, 0.29) is 0 Å². The summed E-state index contributed by atoms with van der Waals surface area (Å²) in [7, 11) is 0.